The van der Waals surface area contributed by atoms with E-state index in [9.17, 15) is 9.59 Å². The lowest BCUT2D eigenvalue weighted by Crippen LogP contribution is -2.41. The molecule has 3 aromatic rings. The number of hydrogen-bond acceptors (Lipinski definition) is 7. The highest BCUT2D eigenvalue weighted by molar-refractivity contribution is 7.09. The summed E-state index contributed by atoms with van der Waals surface area (Å²) in [6.07, 6.45) is 4.34. The first-order valence-corrected chi connectivity index (χ1v) is 14.0. The zero-order chi connectivity index (χ0) is 26.6. The van der Waals surface area contributed by atoms with Crippen molar-refractivity contribution in [2.75, 3.05) is 57.0 Å². The fraction of sp³-hybridized carbons (Fsp3) is 0.393. The van der Waals surface area contributed by atoms with E-state index in [0.717, 1.165) is 57.7 Å². The van der Waals surface area contributed by atoms with E-state index in [1.54, 1.807) is 23.0 Å². The molecule has 9 nitrogen and oxygen atoms in total. The number of nitrogens with zero attached hydrogens (tertiary/aromatic N) is 3. The largest absolute Gasteiger partial charge is 0.396 e. The van der Waals surface area contributed by atoms with Crippen molar-refractivity contribution in [3.63, 3.8) is 0 Å². The number of ether oxygens (including phenoxy) is 1. The Morgan fingerprint density at radius 3 is 2.58 bits per heavy atom. The number of amides is 3. The summed E-state index contributed by atoms with van der Waals surface area (Å²) in [5, 5.41) is 9.40. The molecule has 38 heavy (non-hydrogen) atoms. The number of rotatable bonds is 12. The Labute approximate surface area is 228 Å². The summed E-state index contributed by atoms with van der Waals surface area (Å²) >= 11 is 1.42. The van der Waals surface area contributed by atoms with Crippen LogP contribution in [0.15, 0.2) is 59.4 Å². The molecular weight excluding hydrogens is 500 g/mol. The molecule has 0 unspecified atom stereocenters. The van der Waals surface area contributed by atoms with Crippen LogP contribution in [0, 0.1) is 0 Å². The van der Waals surface area contributed by atoms with Crippen molar-refractivity contribution in [3.8, 4) is 0 Å². The number of anilines is 2. The van der Waals surface area contributed by atoms with Crippen molar-refractivity contribution >= 4 is 34.6 Å². The predicted molar refractivity (Wildman–Crippen MR) is 151 cm³/mol. The maximum Gasteiger partial charge on any atom is 0.317 e. The van der Waals surface area contributed by atoms with E-state index in [2.05, 4.69) is 32.7 Å². The van der Waals surface area contributed by atoms with Gasteiger partial charge < -0.3 is 26.0 Å². The Balaban J connectivity index is 1.31. The number of unbranched alkanes of at least 4 members (excludes halogenated alkanes) is 1. The van der Waals surface area contributed by atoms with Crippen molar-refractivity contribution in [2.24, 2.45) is 0 Å². The van der Waals surface area contributed by atoms with Gasteiger partial charge in [0.2, 0.25) is 0 Å². The third kappa shape index (κ3) is 8.54. The third-order valence-corrected chi connectivity index (χ3v) is 7.21. The lowest BCUT2D eigenvalue weighted by atomic mass is 10.1. The summed E-state index contributed by atoms with van der Waals surface area (Å²) in [6.45, 7) is 6.14. The molecule has 1 aromatic carbocycles. The summed E-state index contributed by atoms with van der Waals surface area (Å²) in [6, 6.07) is 13.5. The van der Waals surface area contributed by atoms with E-state index < -0.39 is 0 Å². The molecule has 1 saturated heterocycles. The highest BCUT2D eigenvalue weighted by Crippen LogP contribution is 2.23. The number of nitrogen functional groups attached to an aromatic ring is 1. The van der Waals surface area contributed by atoms with E-state index in [1.807, 2.05) is 29.2 Å². The van der Waals surface area contributed by atoms with Crippen molar-refractivity contribution in [1.82, 2.24) is 20.1 Å². The SMILES string of the molecule is Nc1cscc1NC(=O)c1ccc(CN(CCCCN2CCOCC2)C(=O)NCCc2ccccc2)cn1. The molecule has 0 radical (unpaired) electrons. The van der Waals surface area contributed by atoms with Crippen LogP contribution in [0.4, 0.5) is 16.2 Å². The molecule has 3 heterocycles. The number of carbonyl (C=O) groups is 2. The van der Waals surface area contributed by atoms with Crippen molar-refractivity contribution in [3.05, 3.63) is 76.2 Å². The molecular formula is C28H36N6O3S. The number of morpholine rings is 1. The van der Waals surface area contributed by atoms with E-state index in [1.165, 1.54) is 16.9 Å². The number of aromatic nitrogens is 1. The fourth-order valence-electron chi connectivity index (χ4n) is 4.25. The Morgan fingerprint density at radius 1 is 1.05 bits per heavy atom. The number of nitrogens with two attached hydrogens (primary N) is 1. The number of carbonyl (C=O) groups excluding carboxylic acids is 2. The third-order valence-electron chi connectivity index (χ3n) is 6.45. The smallest absolute Gasteiger partial charge is 0.317 e. The predicted octanol–water partition coefficient (Wildman–Crippen LogP) is 3.84. The molecule has 3 amide bonds. The van der Waals surface area contributed by atoms with Gasteiger partial charge in [0.25, 0.3) is 5.91 Å². The molecule has 2 aromatic heterocycles. The minimum absolute atomic E-state index is 0.0953. The maximum atomic E-state index is 13.1. The van der Waals surface area contributed by atoms with E-state index in [0.29, 0.717) is 36.7 Å². The van der Waals surface area contributed by atoms with Gasteiger partial charge in [-0.15, -0.1) is 11.3 Å². The quantitative estimate of drug-likeness (QED) is 0.303. The van der Waals surface area contributed by atoms with Crippen molar-refractivity contribution in [2.45, 2.75) is 25.8 Å². The Morgan fingerprint density at radius 2 is 1.87 bits per heavy atom. The van der Waals surface area contributed by atoms with E-state index in [-0.39, 0.29) is 11.9 Å². The van der Waals surface area contributed by atoms with Gasteiger partial charge in [-0.1, -0.05) is 36.4 Å². The van der Waals surface area contributed by atoms with Gasteiger partial charge in [-0.3, -0.25) is 14.7 Å². The molecule has 1 aliphatic rings. The Hall–Kier alpha value is -3.47. The van der Waals surface area contributed by atoms with Gasteiger partial charge in [0, 0.05) is 49.7 Å². The van der Waals surface area contributed by atoms with Crippen LogP contribution in [-0.4, -0.2) is 72.7 Å². The zero-order valence-electron chi connectivity index (χ0n) is 21.6. The first-order chi connectivity index (χ1) is 18.6. The number of pyridine rings is 1. The molecule has 1 aliphatic heterocycles. The summed E-state index contributed by atoms with van der Waals surface area (Å²) in [5.74, 6) is -0.319. The molecule has 0 saturated carbocycles. The Kier molecular flexibility index (Phi) is 10.5. The fourth-order valence-corrected chi connectivity index (χ4v) is 4.93. The van der Waals surface area contributed by atoms with Crippen LogP contribution in [0.1, 0.15) is 34.5 Å². The second-order valence-electron chi connectivity index (χ2n) is 9.30. The van der Waals surface area contributed by atoms with Gasteiger partial charge in [0.05, 0.1) is 24.6 Å². The molecule has 4 rings (SSSR count). The van der Waals surface area contributed by atoms with Crippen molar-refractivity contribution < 1.29 is 14.3 Å². The minimum Gasteiger partial charge on any atom is -0.396 e. The standard InChI is InChI=1S/C28H36N6O3S/c29-24-20-38-21-26(24)32-27(35)25-9-8-23(18-31-25)19-34(13-5-4-12-33-14-16-37-17-15-33)28(36)30-11-10-22-6-2-1-3-7-22/h1-3,6-9,18,20-21H,4-5,10-17,19,29H2,(H,30,36)(H,32,35). The van der Waals surface area contributed by atoms with Crippen LogP contribution in [0.5, 0.6) is 0 Å². The van der Waals surface area contributed by atoms with Gasteiger partial charge in [-0.25, -0.2) is 4.79 Å². The van der Waals surface area contributed by atoms with Crippen LogP contribution in [0.2, 0.25) is 0 Å². The minimum atomic E-state index is -0.319. The first-order valence-electron chi connectivity index (χ1n) is 13.0. The molecule has 0 spiro atoms. The van der Waals surface area contributed by atoms with Crippen LogP contribution in [0.3, 0.4) is 0 Å². The van der Waals surface area contributed by atoms with Gasteiger partial charge in [0.15, 0.2) is 0 Å². The number of benzene rings is 1. The molecule has 0 atom stereocenters. The van der Waals surface area contributed by atoms with Crippen LogP contribution < -0.4 is 16.4 Å². The molecule has 0 aliphatic carbocycles. The highest BCUT2D eigenvalue weighted by atomic mass is 32.1. The number of hydrogen-bond donors (Lipinski definition) is 3. The topological polar surface area (TPSA) is 113 Å². The molecule has 4 N–H and O–H groups in total. The maximum absolute atomic E-state index is 13.1. The molecule has 0 bridgehead atoms. The second kappa shape index (κ2) is 14.5. The van der Waals surface area contributed by atoms with Gasteiger partial charge in [0.1, 0.15) is 5.69 Å². The lowest BCUT2D eigenvalue weighted by Gasteiger charge is -2.27. The summed E-state index contributed by atoms with van der Waals surface area (Å²) in [5.41, 5.74) is 9.32. The van der Waals surface area contributed by atoms with E-state index in [4.69, 9.17) is 10.5 Å². The van der Waals surface area contributed by atoms with Gasteiger partial charge in [-0.05, 0) is 43.0 Å². The number of urea groups is 1. The van der Waals surface area contributed by atoms with Crippen LogP contribution >= 0.6 is 11.3 Å². The monoisotopic (exact) mass is 536 g/mol. The van der Waals surface area contributed by atoms with Gasteiger partial charge >= 0.3 is 6.03 Å². The summed E-state index contributed by atoms with van der Waals surface area (Å²) in [4.78, 5) is 34.2. The normalized spacial score (nSPS) is 13.7. The number of nitrogens with one attached hydrogen (secondary N) is 2. The second-order valence-corrected chi connectivity index (χ2v) is 10.0. The van der Waals surface area contributed by atoms with Gasteiger partial charge in [-0.2, -0.15) is 0 Å². The molecule has 1 fully saturated rings. The number of thiophene rings is 1. The van der Waals surface area contributed by atoms with Crippen LogP contribution in [0.25, 0.3) is 0 Å². The summed E-state index contributed by atoms with van der Waals surface area (Å²) in [7, 11) is 0. The first kappa shape index (κ1) is 27.6. The molecule has 202 valence electrons. The zero-order valence-corrected chi connectivity index (χ0v) is 22.4. The average molecular weight is 537 g/mol. The summed E-state index contributed by atoms with van der Waals surface area (Å²) < 4.78 is 5.43. The average Bonchev–Trinajstić information content (AvgIpc) is 3.35. The van der Waals surface area contributed by atoms with Crippen LogP contribution in [-0.2, 0) is 17.7 Å². The van der Waals surface area contributed by atoms with E-state index >= 15 is 0 Å². The van der Waals surface area contributed by atoms with Crippen molar-refractivity contribution in [1.29, 1.82) is 0 Å². The Bertz CT molecular complexity index is 1150. The lowest BCUT2D eigenvalue weighted by molar-refractivity contribution is 0.0369. The molecule has 10 heteroatoms. The highest BCUT2D eigenvalue weighted by Gasteiger charge is 2.16.